The number of carbonyl (C=O) groups is 1. The molecule has 4 aromatic rings. The van der Waals surface area contributed by atoms with Crippen molar-refractivity contribution in [2.24, 2.45) is 5.41 Å². The third-order valence-electron chi connectivity index (χ3n) is 5.50. The molecule has 0 unspecified atom stereocenters. The molecule has 3 N–H and O–H groups in total. The van der Waals surface area contributed by atoms with Crippen LogP contribution in [0.5, 0.6) is 11.5 Å². The molecule has 0 aliphatic carbocycles. The molecule has 0 atom stereocenters. The molecule has 1 heterocycles. The van der Waals surface area contributed by atoms with E-state index in [1.165, 1.54) is 26.4 Å². The number of benzene rings is 3. The van der Waals surface area contributed by atoms with Crippen LogP contribution in [0.25, 0.3) is 11.0 Å². The molecule has 0 aliphatic heterocycles. The zero-order chi connectivity index (χ0) is 27.5. The van der Waals surface area contributed by atoms with E-state index in [0.717, 1.165) is 0 Å². The Morgan fingerprint density at radius 3 is 1.97 bits per heavy atom. The molecule has 11 heteroatoms. The quantitative estimate of drug-likeness (QED) is 0.281. The van der Waals surface area contributed by atoms with Gasteiger partial charge in [-0.25, -0.2) is 18.4 Å². The summed E-state index contributed by atoms with van der Waals surface area (Å²) in [4.78, 5) is 21.5. The molecule has 1 amide bonds. The van der Waals surface area contributed by atoms with Gasteiger partial charge in [-0.2, -0.15) is 0 Å². The number of anilines is 4. The number of hydrogen-bond acceptors (Lipinski definition) is 8. The fourth-order valence-corrected chi connectivity index (χ4v) is 4.48. The highest BCUT2D eigenvalue weighted by Gasteiger charge is 2.23. The SMILES string of the molecule is COc1cc(Nc2nc3ccccc3nc2NS(=O)(=O)c2cccc(NC(=O)C(C)(C)C)c2)cc(OC)c1. The number of ether oxygens (including phenoxy) is 2. The van der Waals surface area contributed by atoms with Crippen LogP contribution in [0.1, 0.15) is 20.8 Å². The van der Waals surface area contributed by atoms with Gasteiger partial charge >= 0.3 is 0 Å². The molecule has 10 nitrogen and oxygen atoms in total. The van der Waals surface area contributed by atoms with E-state index in [-0.39, 0.29) is 22.4 Å². The van der Waals surface area contributed by atoms with Crippen molar-refractivity contribution in [3.63, 3.8) is 0 Å². The third-order valence-corrected chi connectivity index (χ3v) is 6.84. The van der Waals surface area contributed by atoms with Gasteiger partial charge in [0.15, 0.2) is 11.6 Å². The number of sulfonamides is 1. The van der Waals surface area contributed by atoms with Crippen LogP contribution in [-0.4, -0.2) is 38.5 Å². The summed E-state index contributed by atoms with van der Waals surface area (Å²) in [7, 11) is -1.04. The predicted octanol–water partition coefficient (Wildman–Crippen LogP) is 5.18. The van der Waals surface area contributed by atoms with E-state index in [9.17, 15) is 13.2 Å². The van der Waals surface area contributed by atoms with E-state index in [0.29, 0.717) is 33.9 Å². The summed E-state index contributed by atoms with van der Waals surface area (Å²) in [6.45, 7) is 5.32. The lowest BCUT2D eigenvalue weighted by Gasteiger charge is -2.18. The maximum absolute atomic E-state index is 13.4. The van der Waals surface area contributed by atoms with E-state index >= 15 is 0 Å². The highest BCUT2D eigenvalue weighted by Crippen LogP contribution is 2.31. The summed E-state index contributed by atoms with van der Waals surface area (Å²) in [5.74, 6) is 1.02. The van der Waals surface area contributed by atoms with E-state index < -0.39 is 15.4 Å². The molecule has 198 valence electrons. The Morgan fingerprint density at radius 2 is 1.39 bits per heavy atom. The zero-order valence-corrected chi connectivity index (χ0v) is 22.5. The molecule has 0 aliphatic rings. The van der Waals surface area contributed by atoms with E-state index in [1.807, 2.05) is 6.07 Å². The molecule has 0 spiro atoms. The van der Waals surface area contributed by atoms with Gasteiger partial charge in [0.05, 0.1) is 30.1 Å². The standard InChI is InChI=1S/C27H29N5O5S/c1-27(2,3)26(33)29-17-9-8-10-21(15-17)38(34,35)32-25-24(30-22-11-6-7-12-23(22)31-25)28-18-13-19(36-4)16-20(14-18)37-5/h6-16H,1-5H3,(H,28,30)(H,29,33)(H,31,32). The molecule has 1 aromatic heterocycles. The van der Waals surface area contributed by atoms with Crippen LogP contribution in [0, 0.1) is 5.41 Å². The second kappa shape index (κ2) is 10.5. The third kappa shape index (κ3) is 6.12. The first-order chi connectivity index (χ1) is 18.0. The Labute approximate surface area is 221 Å². The van der Waals surface area contributed by atoms with Crippen molar-refractivity contribution >= 4 is 50.0 Å². The normalized spacial score (nSPS) is 11.6. The average molecular weight is 536 g/mol. The van der Waals surface area contributed by atoms with Gasteiger partial charge in [-0.15, -0.1) is 0 Å². The molecule has 0 saturated heterocycles. The Morgan fingerprint density at radius 1 is 0.789 bits per heavy atom. The smallest absolute Gasteiger partial charge is 0.263 e. The van der Waals surface area contributed by atoms with Crippen LogP contribution in [0.2, 0.25) is 0 Å². The number of hydrogen-bond donors (Lipinski definition) is 3. The summed E-state index contributed by atoms with van der Waals surface area (Å²) in [5, 5.41) is 5.88. The number of rotatable bonds is 8. The highest BCUT2D eigenvalue weighted by atomic mass is 32.2. The lowest BCUT2D eigenvalue weighted by molar-refractivity contribution is -0.123. The second-order valence-corrected chi connectivity index (χ2v) is 11.2. The van der Waals surface area contributed by atoms with E-state index in [2.05, 4.69) is 25.3 Å². The summed E-state index contributed by atoms with van der Waals surface area (Å²) < 4.78 is 40.1. The minimum atomic E-state index is -4.11. The zero-order valence-electron chi connectivity index (χ0n) is 21.7. The first kappa shape index (κ1) is 26.7. The Bertz CT molecular complexity index is 1580. The number of para-hydroxylation sites is 2. The fourth-order valence-electron chi connectivity index (χ4n) is 3.42. The monoisotopic (exact) mass is 535 g/mol. The minimum absolute atomic E-state index is 0.00498. The molecule has 38 heavy (non-hydrogen) atoms. The van der Waals surface area contributed by atoms with Crippen LogP contribution in [-0.2, 0) is 14.8 Å². The maximum Gasteiger partial charge on any atom is 0.263 e. The van der Waals surface area contributed by atoms with Crippen LogP contribution in [0.4, 0.5) is 23.0 Å². The fraction of sp³-hybridized carbons (Fsp3) is 0.222. The van der Waals surface area contributed by atoms with Crippen molar-refractivity contribution in [3.8, 4) is 11.5 Å². The molecule has 4 rings (SSSR count). The number of nitrogens with one attached hydrogen (secondary N) is 3. The Hall–Kier alpha value is -4.38. The summed E-state index contributed by atoms with van der Waals surface area (Å²) in [5.41, 5.74) is 1.35. The van der Waals surface area contributed by atoms with E-state index in [4.69, 9.17) is 9.47 Å². The topological polar surface area (TPSA) is 132 Å². The summed E-state index contributed by atoms with van der Waals surface area (Å²) in [6.07, 6.45) is 0. The van der Waals surface area contributed by atoms with Crippen molar-refractivity contribution < 1.29 is 22.7 Å². The molecule has 0 fully saturated rings. The van der Waals surface area contributed by atoms with Gasteiger partial charge in [-0.05, 0) is 30.3 Å². The van der Waals surface area contributed by atoms with Crippen molar-refractivity contribution in [1.82, 2.24) is 9.97 Å². The lowest BCUT2D eigenvalue weighted by Crippen LogP contribution is -2.27. The summed E-state index contributed by atoms with van der Waals surface area (Å²) >= 11 is 0. The maximum atomic E-state index is 13.4. The number of methoxy groups -OCH3 is 2. The van der Waals surface area contributed by atoms with Crippen molar-refractivity contribution in [3.05, 3.63) is 66.7 Å². The number of carbonyl (C=O) groups excluding carboxylic acids is 1. The first-order valence-electron chi connectivity index (χ1n) is 11.7. The van der Waals surface area contributed by atoms with E-state index in [1.54, 1.807) is 69.3 Å². The van der Waals surface area contributed by atoms with Gasteiger partial charge in [-0.1, -0.05) is 39.0 Å². The summed E-state index contributed by atoms with van der Waals surface area (Å²) in [6, 6.07) is 18.3. The predicted molar refractivity (Wildman–Crippen MR) is 148 cm³/mol. The number of fused-ring (bicyclic) bond motifs is 1. The average Bonchev–Trinajstić information content (AvgIpc) is 2.88. The van der Waals surface area contributed by atoms with Gasteiger partial charge in [-0.3, -0.25) is 9.52 Å². The number of nitrogens with zero attached hydrogens (tertiary/aromatic N) is 2. The van der Waals surface area contributed by atoms with Crippen LogP contribution >= 0.6 is 0 Å². The van der Waals surface area contributed by atoms with Gasteiger partial charge in [0, 0.05) is 35.0 Å². The van der Waals surface area contributed by atoms with Gasteiger partial charge < -0.3 is 20.1 Å². The molecule has 0 radical (unpaired) electrons. The largest absolute Gasteiger partial charge is 0.497 e. The van der Waals surface area contributed by atoms with Crippen molar-refractivity contribution in [2.45, 2.75) is 25.7 Å². The first-order valence-corrected chi connectivity index (χ1v) is 13.2. The second-order valence-electron chi connectivity index (χ2n) is 9.47. The number of amides is 1. The molecular weight excluding hydrogens is 506 g/mol. The molecule has 0 bridgehead atoms. The number of aromatic nitrogens is 2. The molecular formula is C27H29N5O5S. The van der Waals surface area contributed by atoms with Crippen molar-refractivity contribution in [1.29, 1.82) is 0 Å². The van der Waals surface area contributed by atoms with Crippen LogP contribution in [0.15, 0.2) is 71.6 Å². The Kier molecular flexibility index (Phi) is 7.40. The highest BCUT2D eigenvalue weighted by molar-refractivity contribution is 7.92. The minimum Gasteiger partial charge on any atom is -0.497 e. The molecule has 0 saturated carbocycles. The van der Waals surface area contributed by atoms with Crippen LogP contribution in [0.3, 0.4) is 0 Å². The van der Waals surface area contributed by atoms with Gasteiger partial charge in [0.1, 0.15) is 11.5 Å². The lowest BCUT2D eigenvalue weighted by atomic mass is 9.95. The van der Waals surface area contributed by atoms with Gasteiger partial charge in [0.25, 0.3) is 10.0 Å². The Balaban J connectivity index is 1.72. The molecule has 3 aromatic carbocycles. The van der Waals surface area contributed by atoms with Gasteiger partial charge in [0.2, 0.25) is 5.91 Å². The van der Waals surface area contributed by atoms with Crippen LogP contribution < -0.4 is 24.8 Å². The van der Waals surface area contributed by atoms with Crippen molar-refractivity contribution in [2.75, 3.05) is 29.6 Å².